The molecule has 0 saturated carbocycles. The van der Waals surface area contributed by atoms with Gasteiger partial charge < -0.3 is 0 Å². The van der Waals surface area contributed by atoms with Crippen molar-refractivity contribution in [3.63, 3.8) is 0 Å². The average molecular weight is 131 g/mol. The van der Waals surface area contributed by atoms with Crippen LogP contribution in [0.5, 0.6) is 0 Å². The van der Waals surface area contributed by atoms with Crippen molar-refractivity contribution in [1.29, 1.82) is 15.8 Å². The highest BCUT2D eigenvalue weighted by molar-refractivity contribution is 5.11. The predicted octanol–water partition coefficient (Wildman–Crippen LogP) is 1.29. The van der Waals surface area contributed by atoms with Crippen LogP contribution in [0.4, 0.5) is 0 Å². The topological polar surface area (TPSA) is 71.4 Å². The van der Waals surface area contributed by atoms with Gasteiger partial charge in [-0.3, -0.25) is 0 Å². The molecule has 0 radical (unpaired) electrons. The van der Waals surface area contributed by atoms with Crippen molar-refractivity contribution in [2.45, 2.75) is 0 Å². The molecule has 0 unspecified atom stereocenters. The Morgan fingerprint density at radius 2 is 1.20 bits per heavy atom. The molecule has 0 aliphatic carbocycles. The molecule has 0 aromatic rings. The van der Waals surface area contributed by atoms with Gasteiger partial charge in [-0.2, -0.15) is 15.8 Å². The Morgan fingerprint density at radius 1 is 0.900 bits per heavy atom. The van der Waals surface area contributed by atoms with Crippen molar-refractivity contribution in [1.82, 2.24) is 0 Å². The highest BCUT2D eigenvalue weighted by atomic mass is 14.2. The Bertz CT molecular complexity index is 203. The molecule has 0 heterocycles. The van der Waals surface area contributed by atoms with Crippen molar-refractivity contribution in [3.05, 3.63) is 24.8 Å². The smallest absolute Gasteiger partial charge is 0.0919 e. The Labute approximate surface area is 59.7 Å². The van der Waals surface area contributed by atoms with Crippen molar-refractivity contribution in [2.75, 3.05) is 0 Å². The maximum atomic E-state index is 7.71. The lowest BCUT2D eigenvalue weighted by atomic mass is 10.6. The van der Waals surface area contributed by atoms with E-state index in [0.29, 0.717) is 0 Å². The van der Waals surface area contributed by atoms with E-state index in [4.69, 9.17) is 15.8 Å². The van der Waals surface area contributed by atoms with Gasteiger partial charge in [0.05, 0.1) is 18.2 Å². The number of hydrogen-bond acceptors (Lipinski definition) is 3. The third-order valence-electron chi connectivity index (χ3n) is 0.324. The van der Waals surface area contributed by atoms with Crippen molar-refractivity contribution >= 4 is 0 Å². The quantitative estimate of drug-likeness (QED) is 0.465. The molecule has 0 N–H and O–H groups in total. The van der Waals surface area contributed by atoms with Crippen LogP contribution < -0.4 is 0 Å². The summed E-state index contributed by atoms with van der Waals surface area (Å²) in [6.45, 7) is 3.12. The van der Waals surface area contributed by atoms with E-state index in [2.05, 4.69) is 6.58 Å². The van der Waals surface area contributed by atoms with Crippen LogP contribution in [0.25, 0.3) is 0 Å². The van der Waals surface area contributed by atoms with Crippen molar-refractivity contribution < 1.29 is 0 Å². The highest BCUT2D eigenvalue weighted by Crippen LogP contribution is 1.59. The zero-order valence-electron chi connectivity index (χ0n) is 5.28. The number of rotatable bonds is 0. The van der Waals surface area contributed by atoms with Crippen molar-refractivity contribution in [3.8, 4) is 18.2 Å². The van der Waals surface area contributed by atoms with Crippen LogP contribution in [0.1, 0.15) is 0 Å². The maximum Gasteiger partial charge on any atom is 0.0919 e. The van der Waals surface area contributed by atoms with Gasteiger partial charge in [0.25, 0.3) is 0 Å². The molecule has 0 aliphatic rings. The minimum Gasteiger partial charge on any atom is -0.193 e. The number of allylic oxidation sites excluding steroid dienone is 3. The Kier molecular flexibility index (Phi) is 17.1. The fourth-order valence-electron chi connectivity index (χ4n) is 0.0745. The zero-order valence-corrected chi connectivity index (χ0v) is 5.28. The number of hydrogen-bond donors (Lipinski definition) is 0. The molecule has 0 aliphatic heterocycles. The molecule has 0 fully saturated rings. The molecule has 3 heteroatoms. The van der Waals surface area contributed by atoms with Gasteiger partial charge in [-0.05, 0) is 0 Å². The lowest BCUT2D eigenvalue weighted by molar-refractivity contribution is 1.52. The molecule has 0 spiro atoms. The zero-order chi connectivity index (χ0) is 8.24. The van der Waals surface area contributed by atoms with E-state index in [1.165, 1.54) is 6.08 Å². The molecule has 0 atom stereocenters. The van der Waals surface area contributed by atoms with Gasteiger partial charge in [-0.25, -0.2) is 0 Å². The van der Waals surface area contributed by atoms with Gasteiger partial charge in [0.15, 0.2) is 0 Å². The molecule has 0 aromatic carbocycles. The first-order chi connectivity index (χ1) is 4.83. The fraction of sp³-hybridized carbons (Fsp3) is 0. The molecule has 10 heavy (non-hydrogen) atoms. The second-order valence-electron chi connectivity index (χ2n) is 0.925. The monoisotopic (exact) mass is 131 g/mol. The molecule has 0 amide bonds. The summed E-state index contributed by atoms with van der Waals surface area (Å²) < 4.78 is 0. The molecular weight excluding hydrogens is 126 g/mol. The first kappa shape index (κ1) is 10.8. The van der Waals surface area contributed by atoms with Crippen LogP contribution in [0.2, 0.25) is 0 Å². The van der Waals surface area contributed by atoms with Crippen LogP contribution >= 0.6 is 0 Å². The Hall–Kier alpha value is -2.05. The largest absolute Gasteiger partial charge is 0.193 e. The van der Waals surface area contributed by atoms with Gasteiger partial charge in [0, 0.05) is 18.2 Å². The lowest BCUT2D eigenvalue weighted by Gasteiger charge is -1.46. The fourth-order valence-corrected chi connectivity index (χ4v) is 0.0745. The summed E-state index contributed by atoms with van der Waals surface area (Å²) in [6, 6.07) is 5.03. The minimum atomic E-state index is 1.12. The molecular formula is C7H5N3. The van der Waals surface area contributed by atoms with Gasteiger partial charge >= 0.3 is 0 Å². The second kappa shape index (κ2) is 15.8. The van der Waals surface area contributed by atoms with Gasteiger partial charge in [-0.15, -0.1) is 0 Å². The number of nitriles is 3. The summed E-state index contributed by atoms with van der Waals surface area (Å²) in [5.41, 5.74) is 0. The Balaban J connectivity index is 0. The van der Waals surface area contributed by atoms with Crippen LogP contribution in [0, 0.1) is 34.0 Å². The predicted molar refractivity (Wildman–Crippen MR) is 36.2 cm³/mol. The molecule has 0 bridgehead atoms. The molecule has 3 nitrogen and oxygen atoms in total. The number of nitrogens with zero attached hydrogens (tertiary/aromatic N) is 3. The van der Waals surface area contributed by atoms with Crippen LogP contribution in [0.15, 0.2) is 24.8 Å². The van der Waals surface area contributed by atoms with Crippen LogP contribution in [-0.4, -0.2) is 0 Å². The summed E-state index contributed by atoms with van der Waals surface area (Å²) >= 11 is 0. The van der Waals surface area contributed by atoms with E-state index in [9.17, 15) is 0 Å². The SMILES string of the molecule is C=CC#N.N#C/C=C/C#N. The van der Waals surface area contributed by atoms with Gasteiger partial charge in [0.2, 0.25) is 0 Å². The van der Waals surface area contributed by atoms with E-state index < -0.39 is 0 Å². The Morgan fingerprint density at radius 3 is 1.30 bits per heavy atom. The van der Waals surface area contributed by atoms with Gasteiger partial charge in [0.1, 0.15) is 0 Å². The molecule has 0 saturated heterocycles. The second-order valence-corrected chi connectivity index (χ2v) is 0.925. The summed E-state index contributed by atoms with van der Waals surface area (Å²) in [5.74, 6) is 0. The molecule has 0 rings (SSSR count). The standard InChI is InChI=1S/C4H2N2.C3H3N/c5-3-1-2-4-6;1-2-3-4/h1-2H;2H,1H2/b2-1+;. The summed E-state index contributed by atoms with van der Waals surface area (Å²) in [7, 11) is 0. The summed E-state index contributed by atoms with van der Waals surface area (Å²) in [4.78, 5) is 0. The van der Waals surface area contributed by atoms with Crippen LogP contribution in [0.3, 0.4) is 0 Å². The molecule has 48 valence electrons. The maximum absolute atomic E-state index is 7.71. The highest BCUT2D eigenvalue weighted by Gasteiger charge is 1.54. The first-order valence-corrected chi connectivity index (χ1v) is 2.28. The van der Waals surface area contributed by atoms with Crippen molar-refractivity contribution in [2.24, 2.45) is 0 Å². The van der Waals surface area contributed by atoms with E-state index in [1.807, 2.05) is 0 Å². The summed E-state index contributed by atoms with van der Waals surface area (Å²) in [6.07, 6.45) is 3.43. The average Bonchev–Trinajstić information content (AvgIpc) is 2.01. The summed E-state index contributed by atoms with van der Waals surface area (Å²) in [5, 5.41) is 22.9. The van der Waals surface area contributed by atoms with E-state index in [1.54, 1.807) is 18.2 Å². The van der Waals surface area contributed by atoms with Crippen LogP contribution in [-0.2, 0) is 0 Å². The minimum absolute atomic E-state index is 1.12. The van der Waals surface area contributed by atoms with E-state index >= 15 is 0 Å². The normalized spacial score (nSPS) is 5.70. The van der Waals surface area contributed by atoms with E-state index in [-0.39, 0.29) is 0 Å². The lowest BCUT2D eigenvalue weighted by Crippen LogP contribution is -1.40. The third kappa shape index (κ3) is 38.3. The first-order valence-electron chi connectivity index (χ1n) is 2.28. The third-order valence-corrected chi connectivity index (χ3v) is 0.324. The molecule has 0 aromatic heterocycles. The van der Waals surface area contributed by atoms with Gasteiger partial charge in [-0.1, -0.05) is 6.58 Å². The van der Waals surface area contributed by atoms with E-state index in [0.717, 1.165) is 12.2 Å².